The lowest BCUT2D eigenvalue weighted by Gasteiger charge is -2.07. The lowest BCUT2D eigenvalue weighted by molar-refractivity contribution is -0.393. The molecule has 1 saturated heterocycles. The number of hydrogen-bond donors (Lipinski definition) is 2. The summed E-state index contributed by atoms with van der Waals surface area (Å²) >= 11 is 0. The first-order chi connectivity index (χ1) is 7.61. The average molecular weight is 231 g/mol. The van der Waals surface area contributed by atoms with Gasteiger partial charge in [-0.15, -0.1) is 0 Å². The van der Waals surface area contributed by atoms with Crippen molar-refractivity contribution in [2.24, 2.45) is 0 Å². The fourth-order valence-corrected chi connectivity index (χ4v) is 1.64. The maximum absolute atomic E-state index is 12.3. The fraction of sp³-hybridized carbons (Fsp3) is 0.625. The zero-order valence-electron chi connectivity index (χ0n) is 8.17. The van der Waals surface area contributed by atoms with Crippen molar-refractivity contribution in [1.82, 2.24) is 9.97 Å². The van der Waals surface area contributed by atoms with E-state index in [9.17, 15) is 19.6 Å². The molecule has 1 aliphatic heterocycles. The number of nitro groups is 1. The topological polar surface area (TPSA) is 101 Å². The van der Waals surface area contributed by atoms with E-state index in [1.54, 1.807) is 0 Å². The Balaban J connectivity index is 2.11. The van der Waals surface area contributed by atoms with E-state index >= 15 is 0 Å². The minimum Gasteiger partial charge on any atom is -0.390 e. The van der Waals surface area contributed by atoms with Crippen LogP contribution in [0.5, 0.6) is 0 Å². The number of H-pyrrole nitrogens is 1. The summed E-state index contributed by atoms with van der Waals surface area (Å²) in [4.78, 5) is 15.8. The highest BCUT2D eigenvalue weighted by atomic mass is 19.1. The summed E-state index contributed by atoms with van der Waals surface area (Å²) in [5.41, 5.74) is 0.307. The molecule has 0 spiro atoms. The number of aromatic amines is 1. The molecular formula is C8H10FN3O4. The van der Waals surface area contributed by atoms with Crippen molar-refractivity contribution in [3.8, 4) is 0 Å². The van der Waals surface area contributed by atoms with Gasteiger partial charge in [-0.25, -0.2) is 9.37 Å². The molecule has 0 bridgehead atoms. The number of alkyl halides is 1. The van der Waals surface area contributed by atoms with Gasteiger partial charge in [0.05, 0.1) is 6.10 Å². The number of nitrogens with zero attached hydrogens (tertiary/aromatic N) is 2. The van der Waals surface area contributed by atoms with E-state index in [0.717, 1.165) is 0 Å². The van der Waals surface area contributed by atoms with Gasteiger partial charge >= 0.3 is 5.95 Å². The highest BCUT2D eigenvalue weighted by Crippen LogP contribution is 2.32. The highest BCUT2D eigenvalue weighted by Gasteiger charge is 2.37. The van der Waals surface area contributed by atoms with E-state index in [-0.39, 0.29) is 6.42 Å². The van der Waals surface area contributed by atoms with Crippen LogP contribution in [-0.2, 0) is 4.74 Å². The van der Waals surface area contributed by atoms with Gasteiger partial charge in [-0.1, -0.05) is 4.98 Å². The van der Waals surface area contributed by atoms with E-state index in [1.807, 2.05) is 0 Å². The van der Waals surface area contributed by atoms with Gasteiger partial charge in [0.2, 0.25) is 0 Å². The van der Waals surface area contributed by atoms with Crippen LogP contribution in [0.2, 0.25) is 0 Å². The Morgan fingerprint density at radius 3 is 3.06 bits per heavy atom. The molecule has 2 N–H and O–H groups in total. The molecule has 0 radical (unpaired) electrons. The Morgan fingerprint density at radius 1 is 1.81 bits per heavy atom. The number of rotatable bonds is 3. The predicted molar refractivity (Wildman–Crippen MR) is 49.5 cm³/mol. The fourth-order valence-electron chi connectivity index (χ4n) is 1.64. The van der Waals surface area contributed by atoms with E-state index in [0.29, 0.717) is 5.69 Å². The SMILES string of the molecule is O=[N+]([O-])c1nc([C@H]2C[C@H](O)[C@@H](CF)O2)c[nH]1. The average Bonchev–Trinajstić information content (AvgIpc) is 2.83. The lowest BCUT2D eigenvalue weighted by Crippen LogP contribution is -2.22. The quantitative estimate of drug-likeness (QED) is 0.581. The third-order valence-electron chi connectivity index (χ3n) is 2.46. The number of nitrogens with one attached hydrogen (secondary N) is 1. The summed E-state index contributed by atoms with van der Waals surface area (Å²) in [6.45, 7) is -0.788. The zero-order valence-corrected chi connectivity index (χ0v) is 8.17. The molecule has 0 unspecified atom stereocenters. The summed E-state index contributed by atoms with van der Waals surface area (Å²) in [7, 11) is 0. The summed E-state index contributed by atoms with van der Waals surface area (Å²) in [5.74, 6) is -0.392. The van der Waals surface area contributed by atoms with Crippen LogP contribution < -0.4 is 0 Å². The molecule has 2 heterocycles. The first-order valence-corrected chi connectivity index (χ1v) is 4.71. The van der Waals surface area contributed by atoms with Crippen molar-refractivity contribution in [3.05, 3.63) is 22.0 Å². The second-order valence-electron chi connectivity index (χ2n) is 3.53. The van der Waals surface area contributed by atoms with Gasteiger partial charge < -0.3 is 20.0 Å². The number of aliphatic hydroxyl groups is 1. The number of imidazole rings is 1. The van der Waals surface area contributed by atoms with Crippen molar-refractivity contribution < 1.29 is 19.2 Å². The second kappa shape index (κ2) is 4.14. The van der Waals surface area contributed by atoms with Crippen LogP contribution in [0.15, 0.2) is 6.20 Å². The molecular weight excluding hydrogens is 221 g/mol. The molecule has 1 fully saturated rings. The number of aliphatic hydroxyl groups excluding tert-OH is 1. The van der Waals surface area contributed by atoms with Gasteiger partial charge in [-0.2, -0.15) is 0 Å². The molecule has 2 rings (SSSR count). The van der Waals surface area contributed by atoms with Crippen molar-refractivity contribution in [2.45, 2.75) is 24.7 Å². The second-order valence-corrected chi connectivity index (χ2v) is 3.53. The van der Waals surface area contributed by atoms with Crippen LogP contribution >= 0.6 is 0 Å². The van der Waals surface area contributed by atoms with Crippen LogP contribution in [0.1, 0.15) is 18.2 Å². The first-order valence-electron chi connectivity index (χ1n) is 4.71. The number of aromatic nitrogens is 2. The maximum atomic E-state index is 12.3. The summed E-state index contributed by atoms with van der Waals surface area (Å²) in [6.07, 6.45) is -0.848. The molecule has 0 saturated carbocycles. The van der Waals surface area contributed by atoms with Crippen molar-refractivity contribution >= 4 is 5.95 Å². The van der Waals surface area contributed by atoms with Crippen LogP contribution in [0.25, 0.3) is 0 Å². The Labute approximate surface area is 89.4 Å². The van der Waals surface area contributed by atoms with Crippen molar-refractivity contribution in [2.75, 3.05) is 6.67 Å². The Bertz CT molecular complexity index is 396. The number of halogens is 1. The summed E-state index contributed by atoms with van der Waals surface area (Å²) < 4.78 is 17.5. The first kappa shape index (κ1) is 11.0. The van der Waals surface area contributed by atoms with Crippen LogP contribution in [0.4, 0.5) is 10.3 Å². The molecule has 1 aromatic rings. The molecule has 1 aliphatic rings. The van der Waals surface area contributed by atoms with Crippen LogP contribution in [-0.4, -0.2) is 38.9 Å². The Morgan fingerprint density at radius 2 is 2.56 bits per heavy atom. The van der Waals surface area contributed by atoms with Gasteiger partial charge in [0.1, 0.15) is 25.1 Å². The third kappa shape index (κ3) is 1.89. The van der Waals surface area contributed by atoms with Crippen molar-refractivity contribution in [1.29, 1.82) is 0 Å². The molecule has 8 heteroatoms. The Hall–Kier alpha value is -1.54. The predicted octanol–water partition coefficient (Wildman–Crippen LogP) is 0.478. The Kier molecular flexibility index (Phi) is 2.84. The largest absolute Gasteiger partial charge is 0.432 e. The van der Waals surface area contributed by atoms with Crippen molar-refractivity contribution in [3.63, 3.8) is 0 Å². The molecule has 0 aromatic carbocycles. The molecule has 88 valence electrons. The molecule has 16 heavy (non-hydrogen) atoms. The third-order valence-corrected chi connectivity index (χ3v) is 2.46. The minimum atomic E-state index is -0.897. The smallest absolute Gasteiger partial charge is 0.390 e. The monoisotopic (exact) mass is 231 g/mol. The van der Waals surface area contributed by atoms with Gasteiger partial charge in [-0.05, 0) is 4.92 Å². The molecule has 3 atom stereocenters. The van der Waals surface area contributed by atoms with E-state index in [2.05, 4.69) is 9.97 Å². The van der Waals surface area contributed by atoms with Crippen LogP contribution in [0, 0.1) is 10.1 Å². The number of hydrogen-bond acceptors (Lipinski definition) is 5. The number of ether oxygens (including phenoxy) is 1. The minimum absolute atomic E-state index is 0.191. The van der Waals surface area contributed by atoms with E-state index in [1.165, 1.54) is 6.20 Å². The van der Waals surface area contributed by atoms with E-state index in [4.69, 9.17) is 4.74 Å². The molecule has 7 nitrogen and oxygen atoms in total. The van der Waals surface area contributed by atoms with E-state index < -0.39 is 35.9 Å². The van der Waals surface area contributed by atoms with Gasteiger partial charge in [0.25, 0.3) is 0 Å². The van der Waals surface area contributed by atoms with Gasteiger partial charge in [0.15, 0.2) is 5.69 Å². The zero-order chi connectivity index (χ0) is 11.7. The summed E-state index contributed by atoms with van der Waals surface area (Å²) in [6, 6.07) is 0. The van der Waals surface area contributed by atoms with Gasteiger partial charge in [-0.3, -0.25) is 0 Å². The van der Waals surface area contributed by atoms with Crippen LogP contribution in [0.3, 0.4) is 0 Å². The highest BCUT2D eigenvalue weighted by molar-refractivity contribution is 5.14. The maximum Gasteiger partial charge on any atom is 0.432 e. The summed E-state index contributed by atoms with van der Waals surface area (Å²) in [5, 5.41) is 19.8. The normalized spacial score (nSPS) is 29.5. The van der Waals surface area contributed by atoms with Gasteiger partial charge in [0, 0.05) is 6.42 Å². The molecule has 0 amide bonds. The lowest BCUT2D eigenvalue weighted by atomic mass is 10.1. The molecule has 1 aromatic heterocycles. The molecule has 0 aliphatic carbocycles. The standard InChI is InChI=1S/C8H10FN3O4/c9-2-7-5(13)1-6(16-7)4-3-10-8(11-4)12(14)15/h3,5-7,13H,1-2H2,(H,10,11)/t5-,6+,7+/m0/s1.